The number of aliphatic imine (C=N–C) groups is 1. The Morgan fingerprint density at radius 1 is 1.04 bits per heavy atom. The van der Waals surface area contributed by atoms with Gasteiger partial charge in [0.25, 0.3) is 0 Å². The number of piperidine rings is 1. The fourth-order valence-electron chi connectivity index (χ4n) is 5.48. The molecule has 0 radical (unpaired) electrons. The van der Waals surface area contributed by atoms with Crippen molar-refractivity contribution >= 4 is 27.0 Å². The van der Waals surface area contributed by atoms with Crippen LogP contribution in [0, 0.1) is 0 Å². The van der Waals surface area contributed by atoms with Gasteiger partial charge in [0, 0.05) is 43.0 Å². The number of sulfonamides is 1. The van der Waals surface area contributed by atoms with E-state index in [2.05, 4.69) is 29.9 Å². The first-order valence-electron chi connectivity index (χ1n) is 15.2. The number of nitrogens with one attached hydrogen (secondary N) is 3. The molecule has 14 heteroatoms. The van der Waals surface area contributed by atoms with Gasteiger partial charge in [0.05, 0.1) is 10.6 Å². The number of nitrogens with two attached hydrogens (primary N) is 3. The Hall–Kier alpha value is -4.08. The van der Waals surface area contributed by atoms with Crippen molar-refractivity contribution in [2.45, 2.75) is 43.2 Å². The molecule has 0 spiro atoms. The molecule has 0 saturated carbocycles. The predicted molar refractivity (Wildman–Crippen MR) is 178 cm³/mol. The quantitative estimate of drug-likeness (QED) is 0.0670. The Balaban J connectivity index is 1.28. The zero-order valence-electron chi connectivity index (χ0n) is 25.3. The lowest BCUT2D eigenvalue weighted by atomic mass is 10.1. The Bertz CT molecular complexity index is 1760. The summed E-state index contributed by atoms with van der Waals surface area (Å²) in [7, 11) is -3.61. The zero-order chi connectivity index (χ0) is 31.8. The standard InChI is InChI=1S/C31H42N10O3S/c32-13-1-17-40(18-2-14-36-30(33)34)20-22-3-7-26(8-4-22)41-21-24-19-28(37-29(24)38-31(41)42)23-5-9-27(10-6-23)45(43,44)39-25-11-15-35-16-12-25/h3-10,19,21,25,35,39H,1-2,11-18,20,32H2,(H4,33,34,36)(H,37,38,42). The first-order valence-corrected chi connectivity index (χ1v) is 16.7. The van der Waals surface area contributed by atoms with Crippen molar-refractivity contribution in [1.82, 2.24) is 29.5 Å². The molecule has 0 unspecified atom stereocenters. The molecule has 13 nitrogen and oxygen atoms in total. The largest absolute Gasteiger partial charge is 0.370 e. The van der Waals surface area contributed by atoms with Crippen molar-refractivity contribution in [3.63, 3.8) is 0 Å². The van der Waals surface area contributed by atoms with E-state index in [1.54, 1.807) is 30.5 Å². The molecule has 1 aliphatic heterocycles. The summed E-state index contributed by atoms with van der Waals surface area (Å²) >= 11 is 0. The number of aromatic amines is 1. The lowest BCUT2D eigenvalue weighted by Crippen LogP contribution is -2.42. The number of benzene rings is 2. The van der Waals surface area contributed by atoms with Crippen LogP contribution in [0.3, 0.4) is 0 Å². The molecule has 1 aliphatic rings. The summed E-state index contributed by atoms with van der Waals surface area (Å²) < 4.78 is 30.1. The summed E-state index contributed by atoms with van der Waals surface area (Å²) in [6.45, 7) is 5.23. The molecule has 240 valence electrons. The third-order valence-corrected chi connectivity index (χ3v) is 9.41. The minimum atomic E-state index is -3.61. The van der Waals surface area contributed by atoms with Crippen LogP contribution in [0.2, 0.25) is 0 Å². The first-order chi connectivity index (χ1) is 21.7. The van der Waals surface area contributed by atoms with Crippen molar-refractivity contribution in [3.8, 4) is 16.9 Å². The number of hydrogen-bond donors (Lipinski definition) is 6. The molecule has 0 bridgehead atoms. The fourth-order valence-corrected chi connectivity index (χ4v) is 6.79. The second-order valence-corrected chi connectivity index (χ2v) is 13.0. The van der Waals surface area contributed by atoms with Crippen molar-refractivity contribution in [3.05, 3.63) is 76.8 Å². The SMILES string of the molecule is NCCCN(CCCN=C(N)N)Cc1ccc(-n2cc3cc(-c4ccc(S(=O)(=O)NC5CCNCC5)cc4)[nH]c3nc2=O)cc1. The van der Waals surface area contributed by atoms with E-state index in [-0.39, 0.29) is 16.9 Å². The van der Waals surface area contributed by atoms with E-state index in [1.807, 2.05) is 30.3 Å². The van der Waals surface area contributed by atoms with Crippen LogP contribution in [0.25, 0.3) is 28.0 Å². The molecule has 5 rings (SSSR count). The lowest BCUT2D eigenvalue weighted by molar-refractivity contribution is 0.262. The molecule has 2 aromatic heterocycles. The van der Waals surface area contributed by atoms with Crippen LogP contribution in [0.15, 0.2) is 75.5 Å². The van der Waals surface area contributed by atoms with Crippen molar-refractivity contribution in [2.75, 3.05) is 39.3 Å². The topological polar surface area (TPSA) is 203 Å². The normalized spacial score (nSPS) is 14.3. The van der Waals surface area contributed by atoms with Crippen LogP contribution in [-0.2, 0) is 16.6 Å². The minimum absolute atomic E-state index is 0.0659. The molecule has 0 amide bonds. The highest BCUT2D eigenvalue weighted by Crippen LogP contribution is 2.25. The Morgan fingerprint density at radius 2 is 1.76 bits per heavy atom. The van der Waals surface area contributed by atoms with Crippen LogP contribution in [0.4, 0.5) is 0 Å². The van der Waals surface area contributed by atoms with Crippen molar-refractivity contribution < 1.29 is 8.42 Å². The summed E-state index contributed by atoms with van der Waals surface area (Å²) in [5.41, 5.74) is 20.0. The van der Waals surface area contributed by atoms with Crippen molar-refractivity contribution in [1.29, 1.82) is 0 Å². The average molecular weight is 635 g/mol. The Labute approximate surface area is 263 Å². The summed E-state index contributed by atoms with van der Waals surface area (Å²) in [6, 6.07) is 16.4. The maximum absolute atomic E-state index is 13.0. The number of hydrogen-bond acceptors (Lipinski definition) is 8. The van der Waals surface area contributed by atoms with Gasteiger partial charge in [-0.1, -0.05) is 24.3 Å². The molecule has 9 N–H and O–H groups in total. The highest BCUT2D eigenvalue weighted by molar-refractivity contribution is 7.89. The zero-order valence-corrected chi connectivity index (χ0v) is 26.1. The molecule has 45 heavy (non-hydrogen) atoms. The van der Waals surface area contributed by atoms with Gasteiger partial charge in [0.1, 0.15) is 5.65 Å². The minimum Gasteiger partial charge on any atom is -0.370 e. The third-order valence-electron chi connectivity index (χ3n) is 7.87. The van der Waals surface area contributed by atoms with E-state index < -0.39 is 15.7 Å². The highest BCUT2D eigenvalue weighted by atomic mass is 32.2. The average Bonchev–Trinajstić information content (AvgIpc) is 3.45. The van der Waals surface area contributed by atoms with Crippen LogP contribution in [0.5, 0.6) is 0 Å². The number of aromatic nitrogens is 3. The monoisotopic (exact) mass is 634 g/mol. The number of nitrogens with zero attached hydrogens (tertiary/aromatic N) is 4. The van der Waals surface area contributed by atoms with Crippen LogP contribution < -0.4 is 32.9 Å². The fraction of sp³-hybridized carbons (Fsp3) is 0.387. The van der Waals surface area contributed by atoms with E-state index in [0.717, 1.165) is 80.6 Å². The molecule has 1 saturated heterocycles. The van der Waals surface area contributed by atoms with Gasteiger partial charge in [-0.2, -0.15) is 4.98 Å². The van der Waals surface area contributed by atoms with Crippen LogP contribution in [0.1, 0.15) is 31.2 Å². The van der Waals surface area contributed by atoms with Crippen molar-refractivity contribution in [2.24, 2.45) is 22.2 Å². The highest BCUT2D eigenvalue weighted by Gasteiger charge is 2.22. The molecule has 2 aromatic carbocycles. The number of H-pyrrole nitrogens is 1. The Morgan fingerprint density at radius 3 is 2.44 bits per heavy atom. The van der Waals surface area contributed by atoms with E-state index >= 15 is 0 Å². The molecule has 3 heterocycles. The molecule has 4 aromatic rings. The number of guanidine groups is 1. The van der Waals surface area contributed by atoms with Crippen LogP contribution >= 0.6 is 0 Å². The summed E-state index contributed by atoms with van der Waals surface area (Å²) in [5, 5.41) is 3.99. The molecule has 0 atom stereocenters. The van der Waals surface area contributed by atoms with Gasteiger partial charge in [-0.25, -0.2) is 17.9 Å². The molecular formula is C31H42N10O3S. The maximum atomic E-state index is 13.0. The van der Waals surface area contributed by atoms with Gasteiger partial charge >= 0.3 is 5.69 Å². The second kappa shape index (κ2) is 14.8. The third kappa shape index (κ3) is 8.55. The smallest absolute Gasteiger partial charge is 0.354 e. The Kier molecular flexibility index (Phi) is 10.6. The van der Waals surface area contributed by atoms with Gasteiger partial charge in [-0.15, -0.1) is 0 Å². The van der Waals surface area contributed by atoms with Gasteiger partial charge in [-0.05, 0) is 93.3 Å². The summed E-state index contributed by atoms with van der Waals surface area (Å²) in [6.07, 6.45) is 5.01. The number of rotatable bonds is 14. The first kappa shape index (κ1) is 32.3. The molecule has 0 aliphatic carbocycles. The van der Waals surface area contributed by atoms with Gasteiger partial charge in [0.15, 0.2) is 5.96 Å². The maximum Gasteiger partial charge on any atom is 0.354 e. The van der Waals surface area contributed by atoms with E-state index in [1.165, 1.54) is 4.57 Å². The lowest BCUT2D eigenvalue weighted by Gasteiger charge is -2.23. The molecular weight excluding hydrogens is 592 g/mol. The summed E-state index contributed by atoms with van der Waals surface area (Å²) in [5.74, 6) is 0.0978. The van der Waals surface area contributed by atoms with Gasteiger partial charge < -0.3 is 27.5 Å². The molecule has 1 fully saturated rings. The second-order valence-electron chi connectivity index (χ2n) is 11.3. The van der Waals surface area contributed by atoms with Gasteiger partial charge in [-0.3, -0.25) is 14.5 Å². The van der Waals surface area contributed by atoms with E-state index in [4.69, 9.17) is 17.2 Å². The van der Waals surface area contributed by atoms with Crippen LogP contribution in [-0.4, -0.2) is 79.1 Å². The summed E-state index contributed by atoms with van der Waals surface area (Å²) in [4.78, 5) is 27.0. The van der Waals surface area contributed by atoms with Gasteiger partial charge in [0.2, 0.25) is 10.0 Å². The number of fused-ring (bicyclic) bond motifs is 1. The predicted octanol–water partition coefficient (Wildman–Crippen LogP) is 1.23. The van der Waals surface area contributed by atoms with E-state index in [9.17, 15) is 13.2 Å². The van der Waals surface area contributed by atoms with E-state index in [0.29, 0.717) is 24.4 Å².